The van der Waals surface area contributed by atoms with Crippen LogP contribution in [-0.4, -0.2) is 17.3 Å². The minimum atomic E-state index is -0.587. The molecule has 0 aromatic heterocycles. The summed E-state index contributed by atoms with van der Waals surface area (Å²) in [6.45, 7) is 4.48. The van der Waals surface area contributed by atoms with E-state index in [1.54, 1.807) is 0 Å². The largest absolute Gasteiger partial charge is 0.389 e. The molecule has 0 radical (unpaired) electrons. The van der Waals surface area contributed by atoms with Crippen LogP contribution in [0.15, 0.2) is 0 Å². The van der Waals surface area contributed by atoms with Gasteiger partial charge in [-0.15, -0.1) is 0 Å². The average molecular weight is 145 g/mol. The number of hydrogen-bond donors (Lipinski definition) is 2. The number of unbranched alkanes of at least 4 members (excludes halogenated alkanes) is 1. The van der Waals surface area contributed by atoms with Crippen molar-refractivity contribution in [3.05, 3.63) is 0 Å². The molecule has 0 bridgehead atoms. The molecule has 1 atom stereocenters. The first-order valence-electron chi connectivity index (χ1n) is 4.11. The van der Waals surface area contributed by atoms with Gasteiger partial charge in [0.1, 0.15) is 0 Å². The Hall–Kier alpha value is -0.0800. The molecule has 10 heavy (non-hydrogen) atoms. The van der Waals surface area contributed by atoms with Crippen molar-refractivity contribution in [3.63, 3.8) is 0 Å². The molecule has 0 aliphatic heterocycles. The maximum absolute atomic E-state index is 9.63. The fourth-order valence-electron chi connectivity index (χ4n) is 0.929. The van der Waals surface area contributed by atoms with Gasteiger partial charge in [-0.2, -0.15) is 0 Å². The van der Waals surface area contributed by atoms with Gasteiger partial charge in [-0.05, 0) is 12.8 Å². The van der Waals surface area contributed by atoms with Gasteiger partial charge >= 0.3 is 0 Å². The smallest absolute Gasteiger partial charge is 0.0766 e. The topological polar surface area (TPSA) is 46.2 Å². The molecular formula is C8H19NO. The number of rotatable bonds is 5. The molecule has 0 saturated carbocycles. The Labute approximate surface area is 63.4 Å². The third-order valence-electron chi connectivity index (χ3n) is 2.03. The summed E-state index contributed by atoms with van der Waals surface area (Å²) in [5.74, 6) is 0. The van der Waals surface area contributed by atoms with Gasteiger partial charge in [0, 0.05) is 6.54 Å². The molecular weight excluding hydrogens is 126 g/mol. The van der Waals surface area contributed by atoms with Crippen molar-refractivity contribution in [1.82, 2.24) is 0 Å². The lowest BCUT2D eigenvalue weighted by Gasteiger charge is -2.24. The summed E-state index contributed by atoms with van der Waals surface area (Å²) < 4.78 is 0. The lowest BCUT2D eigenvalue weighted by Crippen LogP contribution is -2.36. The summed E-state index contributed by atoms with van der Waals surface area (Å²) in [7, 11) is 0. The Kier molecular flexibility index (Phi) is 4.65. The van der Waals surface area contributed by atoms with E-state index < -0.39 is 5.60 Å². The second-order valence-corrected chi connectivity index (χ2v) is 2.89. The first-order valence-corrected chi connectivity index (χ1v) is 4.11. The van der Waals surface area contributed by atoms with E-state index in [1.165, 1.54) is 0 Å². The van der Waals surface area contributed by atoms with E-state index >= 15 is 0 Å². The summed E-state index contributed by atoms with van der Waals surface area (Å²) in [6.07, 6.45) is 3.81. The minimum absolute atomic E-state index is 0.392. The minimum Gasteiger partial charge on any atom is -0.389 e. The van der Waals surface area contributed by atoms with Gasteiger partial charge in [-0.3, -0.25) is 0 Å². The van der Waals surface area contributed by atoms with Gasteiger partial charge in [0.05, 0.1) is 5.60 Å². The van der Waals surface area contributed by atoms with Crippen molar-refractivity contribution in [2.75, 3.05) is 6.54 Å². The van der Waals surface area contributed by atoms with E-state index in [0.29, 0.717) is 6.54 Å². The van der Waals surface area contributed by atoms with Crippen LogP contribution in [0.3, 0.4) is 0 Å². The molecule has 3 N–H and O–H groups in total. The highest BCUT2D eigenvalue weighted by Gasteiger charge is 2.20. The van der Waals surface area contributed by atoms with E-state index in [2.05, 4.69) is 6.92 Å². The fraction of sp³-hybridized carbons (Fsp3) is 1.00. The summed E-state index contributed by atoms with van der Waals surface area (Å²) in [5, 5.41) is 9.63. The van der Waals surface area contributed by atoms with Crippen molar-refractivity contribution in [2.24, 2.45) is 5.73 Å². The Morgan fingerprint density at radius 3 is 2.30 bits per heavy atom. The van der Waals surface area contributed by atoms with Gasteiger partial charge in [0.25, 0.3) is 0 Å². The third kappa shape index (κ3) is 3.18. The summed E-state index contributed by atoms with van der Waals surface area (Å²) in [5.41, 5.74) is 4.82. The zero-order valence-corrected chi connectivity index (χ0v) is 7.06. The molecule has 2 nitrogen and oxygen atoms in total. The van der Waals surface area contributed by atoms with Crippen LogP contribution in [0.2, 0.25) is 0 Å². The van der Waals surface area contributed by atoms with E-state index in [-0.39, 0.29) is 0 Å². The van der Waals surface area contributed by atoms with Crippen molar-refractivity contribution in [3.8, 4) is 0 Å². The fourth-order valence-corrected chi connectivity index (χ4v) is 0.929. The van der Waals surface area contributed by atoms with E-state index in [1.807, 2.05) is 6.92 Å². The first kappa shape index (κ1) is 9.92. The molecule has 0 rings (SSSR count). The van der Waals surface area contributed by atoms with Crippen LogP contribution >= 0.6 is 0 Å². The molecule has 0 fully saturated rings. The summed E-state index contributed by atoms with van der Waals surface area (Å²) in [4.78, 5) is 0. The molecule has 2 heteroatoms. The quantitative estimate of drug-likeness (QED) is 0.612. The van der Waals surface area contributed by atoms with Crippen LogP contribution in [0, 0.1) is 0 Å². The lowest BCUT2D eigenvalue weighted by atomic mass is 9.94. The summed E-state index contributed by atoms with van der Waals surface area (Å²) in [6, 6.07) is 0. The summed E-state index contributed by atoms with van der Waals surface area (Å²) >= 11 is 0. The van der Waals surface area contributed by atoms with Crippen LogP contribution in [0.4, 0.5) is 0 Å². The maximum atomic E-state index is 9.63. The van der Waals surface area contributed by atoms with Gasteiger partial charge in [0.15, 0.2) is 0 Å². The van der Waals surface area contributed by atoms with Crippen LogP contribution in [0.1, 0.15) is 39.5 Å². The van der Waals surface area contributed by atoms with E-state index in [4.69, 9.17) is 5.73 Å². The van der Waals surface area contributed by atoms with Crippen molar-refractivity contribution >= 4 is 0 Å². The van der Waals surface area contributed by atoms with Gasteiger partial charge < -0.3 is 10.8 Å². The molecule has 0 aromatic carbocycles. The highest BCUT2D eigenvalue weighted by atomic mass is 16.3. The monoisotopic (exact) mass is 145 g/mol. The van der Waals surface area contributed by atoms with E-state index in [9.17, 15) is 5.11 Å². The average Bonchev–Trinajstić information content (AvgIpc) is 2.00. The Morgan fingerprint density at radius 1 is 1.40 bits per heavy atom. The SMILES string of the molecule is CCCCC(O)(CC)CN. The zero-order chi connectivity index (χ0) is 8.04. The molecule has 0 spiro atoms. The van der Waals surface area contributed by atoms with E-state index in [0.717, 1.165) is 25.7 Å². The second kappa shape index (κ2) is 4.69. The van der Waals surface area contributed by atoms with Crippen molar-refractivity contribution < 1.29 is 5.11 Å². The van der Waals surface area contributed by atoms with Crippen LogP contribution in [-0.2, 0) is 0 Å². The van der Waals surface area contributed by atoms with Gasteiger partial charge in [-0.1, -0.05) is 26.7 Å². The Balaban J connectivity index is 3.58. The van der Waals surface area contributed by atoms with Gasteiger partial charge in [0.2, 0.25) is 0 Å². The number of hydrogen-bond acceptors (Lipinski definition) is 2. The second-order valence-electron chi connectivity index (χ2n) is 2.89. The molecule has 1 unspecified atom stereocenters. The molecule has 0 aliphatic carbocycles. The highest BCUT2D eigenvalue weighted by Crippen LogP contribution is 2.16. The number of nitrogens with two attached hydrogens (primary N) is 1. The lowest BCUT2D eigenvalue weighted by molar-refractivity contribution is 0.0343. The predicted octanol–water partition coefficient (Wildman–Crippen LogP) is 1.28. The molecule has 0 saturated heterocycles. The van der Waals surface area contributed by atoms with Gasteiger partial charge in [-0.25, -0.2) is 0 Å². The molecule has 62 valence electrons. The standard InChI is InChI=1S/C8H19NO/c1-3-5-6-8(10,4-2)7-9/h10H,3-7,9H2,1-2H3. The Morgan fingerprint density at radius 2 is 2.00 bits per heavy atom. The van der Waals surface area contributed by atoms with Crippen molar-refractivity contribution in [1.29, 1.82) is 0 Å². The molecule has 0 heterocycles. The predicted molar refractivity (Wildman–Crippen MR) is 43.8 cm³/mol. The highest BCUT2D eigenvalue weighted by molar-refractivity contribution is 4.76. The van der Waals surface area contributed by atoms with Crippen LogP contribution < -0.4 is 5.73 Å². The zero-order valence-electron chi connectivity index (χ0n) is 7.06. The third-order valence-corrected chi connectivity index (χ3v) is 2.03. The molecule has 0 aromatic rings. The normalized spacial score (nSPS) is 16.8. The first-order chi connectivity index (χ1) is 4.68. The number of aliphatic hydroxyl groups is 1. The molecule has 0 amide bonds. The van der Waals surface area contributed by atoms with Crippen LogP contribution in [0.5, 0.6) is 0 Å². The maximum Gasteiger partial charge on any atom is 0.0766 e. The molecule has 0 aliphatic rings. The Bertz CT molecular complexity index is 79.3. The van der Waals surface area contributed by atoms with Crippen LogP contribution in [0.25, 0.3) is 0 Å². The van der Waals surface area contributed by atoms with Crippen molar-refractivity contribution in [2.45, 2.75) is 45.1 Å².